The smallest absolute Gasteiger partial charge is 0.335 e. The molecule has 0 radical (unpaired) electrons. The lowest BCUT2D eigenvalue weighted by molar-refractivity contribution is 0.0697. The Bertz CT molecular complexity index is 635. The predicted octanol–water partition coefficient (Wildman–Crippen LogP) is 2.89. The highest BCUT2D eigenvalue weighted by molar-refractivity contribution is 5.88. The molecule has 0 unspecified atom stereocenters. The molecular weight excluding hydrogens is 240 g/mol. The lowest BCUT2D eigenvalue weighted by atomic mass is 9.98. The molecule has 4 heteroatoms. The van der Waals surface area contributed by atoms with E-state index >= 15 is 0 Å². The number of nitrogens with zero attached hydrogens (tertiary/aromatic N) is 2. The molecule has 1 aliphatic rings. The number of benzene rings is 1. The highest BCUT2D eigenvalue weighted by Gasteiger charge is 2.24. The van der Waals surface area contributed by atoms with Crippen molar-refractivity contribution in [1.82, 2.24) is 9.97 Å². The van der Waals surface area contributed by atoms with E-state index in [-0.39, 0.29) is 0 Å². The van der Waals surface area contributed by atoms with Gasteiger partial charge in [0.1, 0.15) is 6.33 Å². The van der Waals surface area contributed by atoms with Gasteiger partial charge >= 0.3 is 5.97 Å². The van der Waals surface area contributed by atoms with Crippen molar-refractivity contribution in [2.24, 2.45) is 0 Å². The van der Waals surface area contributed by atoms with Crippen LogP contribution in [-0.2, 0) is 6.42 Å². The van der Waals surface area contributed by atoms with Gasteiger partial charge in [-0.15, -0.1) is 0 Å². The van der Waals surface area contributed by atoms with Crippen molar-refractivity contribution in [2.45, 2.75) is 25.7 Å². The van der Waals surface area contributed by atoms with Crippen LogP contribution in [0.1, 0.15) is 40.9 Å². The van der Waals surface area contributed by atoms with Gasteiger partial charge in [-0.25, -0.2) is 14.8 Å². The molecule has 0 spiro atoms. The Labute approximate surface area is 111 Å². The molecule has 1 atom stereocenters. The van der Waals surface area contributed by atoms with Gasteiger partial charge < -0.3 is 5.11 Å². The Kier molecular flexibility index (Phi) is 2.78. The fourth-order valence-electron chi connectivity index (χ4n) is 2.65. The molecule has 96 valence electrons. The van der Waals surface area contributed by atoms with Gasteiger partial charge in [-0.1, -0.05) is 19.1 Å². The Hall–Kier alpha value is -2.23. The number of aryl methyl sites for hydroxylation is 1. The molecule has 0 saturated heterocycles. The van der Waals surface area contributed by atoms with Crippen LogP contribution in [0.25, 0.3) is 11.3 Å². The van der Waals surface area contributed by atoms with Crippen molar-refractivity contribution in [3.05, 3.63) is 47.4 Å². The molecule has 1 aliphatic carbocycles. The molecular formula is C15H14N2O2. The molecule has 2 aromatic rings. The van der Waals surface area contributed by atoms with E-state index in [0.717, 1.165) is 29.8 Å². The SMILES string of the molecule is C[C@@H]1CCc2ncnc(-c3ccc(C(=O)O)cc3)c21. The first-order valence-electron chi connectivity index (χ1n) is 6.34. The van der Waals surface area contributed by atoms with Crippen LogP contribution in [0.15, 0.2) is 30.6 Å². The first kappa shape index (κ1) is 11.8. The summed E-state index contributed by atoms with van der Waals surface area (Å²) in [6.45, 7) is 2.18. The average molecular weight is 254 g/mol. The molecule has 0 aliphatic heterocycles. The number of fused-ring (bicyclic) bond motifs is 1. The number of carboxylic acid groups (broad SMARTS) is 1. The van der Waals surface area contributed by atoms with E-state index in [0.29, 0.717) is 11.5 Å². The van der Waals surface area contributed by atoms with Crippen LogP contribution in [-0.4, -0.2) is 21.0 Å². The van der Waals surface area contributed by atoms with Crippen molar-refractivity contribution in [3.8, 4) is 11.3 Å². The van der Waals surface area contributed by atoms with Crippen LogP contribution in [0.2, 0.25) is 0 Å². The minimum atomic E-state index is -0.909. The first-order valence-corrected chi connectivity index (χ1v) is 6.34. The Morgan fingerprint density at radius 1 is 1.26 bits per heavy atom. The van der Waals surface area contributed by atoms with Gasteiger partial charge in [0.05, 0.1) is 11.3 Å². The zero-order chi connectivity index (χ0) is 13.4. The van der Waals surface area contributed by atoms with E-state index in [1.54, 1.807) is 18.5 Å². The van der Waals surface area contributed by atoms with Crippen molar-refractivity contribution >= 4 is 5.97 Å². The fraction of sp³-hybridized carbons (Fsp3) is 0.267. The Morgan fingerprint density at radius 3 is 2.68 bits per heavy atom. The summed E-state index contributed by atoms with van der Waals surface area (Å²) in [5.74, 6) is -0.446. The minimum absolute atomic E-state index is 0.294. The molecule has 4 nitrogen and oxygen atoms in total. The van der Waals surface area contributed by atoms with E-state index in [4.69, 9.17) is 5.11 Å². The third-order valence-corrected chi connectivity index (χ3v) is 3.68. The summed E-state index contributed by atoms with van der Waals surface area (Å²) in [5.41, 5.74) is 4.53. The van der Waals surface area contributed by atoms with E-state index in [9.17, 15) is 4.79 Å². The lowest BCUT2D eigenvalue weighted by Gasteiger charge is -2.10. The molecule has 0 saturated carbocycles. The van der Waals surface area contributed by atoms with E-state index in [1.165, 1.54) is 5.56 Å². The zero-order valence-corrected chi connectivity index (χ0v) is 10.6. The van der Waals surface area contributed by atoms with Gasteiger partial charge in [-0.3, -0.25) is 0 Å². The van der Waals surface area contributed by atoms with Crippen molar-refractivity contribution < 1.29 is 9.90 Å². The second-order valence-corrected chi connectivity index (χ2v) is 4.90. The molecule has 19 heavy (non-hydrogen) atoms. The van der Waals surface area contributed by atoms with Crippen LogP contribution in [0.3, 0.4) is 0 Å². The Balaban J connectivity index is 2.08. The monoisotopic (exact) mass is 254 g/mol. The first-order chi connectivity index (χ1) is 9.16. The molecule has 1 aromatic carbocycles. The lowest BCUT2D eigenvalue weighted by Crippen LogP contribution is -1.99. The van der Waals surface area contributed by atoms with Crippen molar-refractivity contribution in [3.63, 3.8) is 0 Å². The Morgan fingerprint density at radius 2 is 2.00 bits per heavy atom. The second kappa shape index (κ2) is 4.46. The topological polar surface area (TPSA) is 63.1 Å². The normalized spacial score (nSPS) is 17.2. The number of aromatic nitrogens is 2. The van der Waals surface area contributed by atoms with Crippen molar-refractivity contribution in [2.75, 3.05) is 0 Å². The van der Waals surface area contributed by atoms with Crippen molar-refractivity contribution in [1.29, 1.82) is 0 Å². The van der Waals surface area contributed by atoms with Crippen LogP contribution in [0, 0.1) is 0 Å². The molecule has 1 N–H and O–H groups in total. The molecule has 0 fully saturated rings. The van der Waals surface area contributed by atoms with Gasteiger partial charge in [-0.05, 0) is 30.9 Å². The van der Waals surface area contributed by atoms with Gasteiger partial charge in [0.25, 0.3) is 0 Å². The second-order valence-electron chi connectivity index (χ2n) is 4.90. The van der Waals surface area contributed by atoms with Gasteiger partial charge in [0.2, 0.25) is 0 Å². The highest BCUT2D eigenvalue weighted by atomic mass is 16.4. The molecule has 1 heterocycles. The fourth-order valence-corrected chi connectivity index (χ4v) is 2.65. The number of carbonyl (C=O) groups is 1. The average Bonchev–Trinajstić information content (AvgIpc) is 2.81. The maximum absolute atomic E-state index is 10.9. The minimum Gasteiger partial charge on any atom is -0.478 e. The van der Waals surface area contributed by atoms with Gasteiger partial charge in [0.15, 0.2) is 0 Å². The van der Waals surface area contributed by atoms with Crippen LogP contribution in [0.5, 0.6) is 0 Å². The van der Waals surface area contributed by atoms with E-state index < -0.39 is 5.97 Å². The number of hydrogen-bond acceptors (Lipinski definition) is 3. The summed E-state index contributed by atoms with van der Waals surface area (Å²) >= 11 is 0. The molecule has 3 rings (SSSR count). The maximum Gasteiger partial charge on any atom is 0.335 e. The highest BCUT2D eigenvalue weighted by Crippen LogP contribution is 2.37. The third-order valence-electron chi connectivity index (χ3n) is 3.68. The summed E-state index contributed by atoms with van der Waals surface area (Å²) in [6.07, 6.45) is 3.70. The molecule has 0 bridgehead atoms. The van der Waals surface area contributed by atoms with Crippen LogP contribution >= 0.6 is 0 Å². The standard InChI is InChI=1S/C15H14N2O2/c1-9-2-7-12-13(9)14(17-8-16-12)10-3-5-11(6-4-10)15(18)19/h3-6,8-9H,2,7H2,1H3,(H,18,19)/t9-/m1/s1. The number of rotatable bonds is 2. The molecule has 1 aromatic heterocycles. The number of hydrogen-bond donors (Lipinski definition) is 1. The van der Waals surface area contributed by atoms with E-state index in [1.807, 2.05) is 12.1 Å². The predicted molar refractivity (Wildman–Crippen MR) is 71.2 cm³/mol. The number of carboxylic acids is 1. The summed E-state index contributed by atoms with van der Waals surface area (Å²) < 4.78 is 0. The van der Waals surface area contributed by atoms with Crippen LogP contribution < -0.4 is 0 Å². The zero-order valence-electron chi connectivity index (χ0n) is 10.6. The summed E-state index contributed by atoms with van der Waals surface area (Å²) in [4.78, 5) is 19.6. The van der Waals surface area contributed by atoms with Crippen LogP contribution in [0.4, 0.5) is 0 Å². The maximum atomic E-state index is 10.9. The quantitative estimate of drug-likeness (QED) is 0.895. The van der Waals surface area contributed by atoms with Gasteiger partial charge in [-0.2, -0.15) is 0 Å². The number of aromatic carboxylic acids is 1. The molecule has 0 amide bonds. The van der Waals surface area contributed by atoms with Gasteiger partial charge in [0, 0.05) is 16.8 Å². The third kappa shape index (κ3) is 1.99. The summed E-state index contributed by atoms with van der Waals surface area (Å²) in [6, 6.07) is 6.87. The largest absolute Gasteiger partial charge is 0.478 e. The van der Waals surface area contributed by atoms with E-state index in [2.05, 4.69) is 16.9 Å². The summed E-state index contributed by atoms with van der Waals surface area (Å²) in [7, 11) is 0. The summed E-state index contributed by atoms with van der Waals surface area (Å²) in [5, 5.41) is 8.92.